The lowest BCUT2D eigenvalue weighted by molar-refractivity contribution is 0.112. The van der Waals surface area contributed by atoms with E-state index in [1.807, 2.05) is 0 Å². The first-order valence-electron chi connectivity index (χ1n) is 4.89. The molecule has 2 aromatic heterocycles. The summed E-state index contributed by atoms with van der Waals surface area (Å²) in [5, 5.41) is 4.57. The van der Waals surface area contributed by atoms with Crippen molar-refractivity contribution >= 4 is 17.9 Å². The number of hydrogen-bond acceptors (Lipinski definition) is 4. The Bertz CT molecular complexity index is 566. The van der Waals surface area contributed by atoms with Crippen molar-refractivity contribution in [2.75, 3.05) is 0 Å². The van der Waals surface area contributed by atoms with Gasteiger partial charge in [-0.3, -0.25) is 9.78 Å². The quantitative estimate of drug-likeness (QED) is 0.786. The number of aryl methyl sites for hydroxylation is 2. The number of carbonyl (C=O) groups is 1. The van der Waals surface area contributed by atoms with Crippen LogP contribution in [0.5, 0.6) is 11.6 Å². The van der Waals surface area contributed by atoms with Crippen LogP contribution in [0, 0.1) is 6.92 Å². The fourth-order valence-electron chi connectivity index (χ4n) is 1.47. The number of rotatable bonds is 3. The summed E-state index contributed by atoms with van der Waals surface area (Å²) in [7, 11) is 1.70. The summed E-state index contributed by atoms with van der Waals surface area (Å²) in [5.74, 6) is 0.838. The molecule has 0 saturated heterocycles. The number of hydrogen-bond donors (Lipinski definition) is 0. The third-order valence-electron chi connectivity index (χ3n) is 2.23. The van der Waals surface area contributed by atoms with Crippen molar-refractivity contribution in [2.24, 2.45) is 7.05 Å². The maximum Gasteiger partial charge on any atom is 0.228 e. The van der Waals surface area contributed by atoms with Crippen molar-refractivity contribution in [1.82, 2.24) is 14.8 Å². The maximum absolute atomic E-state index is 10.9. The molecule has 0 fully saturated rings. The Labute approximate surface area is 103 Å². The van der Waals surface area contributed by atoms with Crippen LogP contribution in [0.3, 0.4) is 0 Å². The zero-order chi connectivity index (χ0) is 12.4. The fourth-order valence-corrected chi connectivity index (χ4v) is 1.63. The van der Waals surface area contributed by atoms with Crippen molar-refractivity contribution in [3.63, 3.8) is 0 Å². The standard InChI is InChI=1S/C11H10ClN3O2/c1-7-10(6-16)11(15(2)14-7)17-9-3-8(12)4-13-5-9/h3-6H,1-2H3. The van der Waals surface area contributed by atoms with Crippen LogP contribution in [0.1, 0.15) is 16.1 Å². The van der Waals surface area contributed by atoms with Gasteiger partial charge in [-0.05, 0) is 6.92 Å². The van der Waals surface area contributed by atoms with E-state index in [0.717, 1.165) is 6.29 Å². The molecule has 0 radical (unpaired) electrons. The molecule has 0 amide bonds. The Morgan fingerprint density at radius 1 is 1.47 bits per heavy atom. The average molecular weight is 252 g/mol. The predicted molar refractivity (Wildman–Crippen MR) is 62.7 cm³/mol. The van der Waals surface area contributed by atoms with Gasteiger partial charge in [0.25, 0.3) is 0 Å². The van der Waals surface area contributed by atoms with Crippen LogP contribution in [-0.4, -0.2) is 21.1 Å². The highest BCUT2D eigenvalue weighted by molar-refractivity contribution is 6.30. The second-order valence-corrected chi connectivity index (χ2v) is 3.92. The van der Waals surface area contributed by atoms with E-state index in [0.29, 0.717) is 27.9 Å². The van der Waals surface area contributed by atoms with Gasteiger partial charge in [-0.25, -0.2) is 4.68 Å². The van der Waals surface area contributed by atoms with Gasteiger partial charge in [0.2, 0.25) is 5.88 Å². The van der Waals surface area contributed by atoms with Gasteiger partial charge in [0.15, 0.2) is 6.29 Å². The van der Waals surface area contributed by atoms with Crippen LogP contribution in [-0.2, 0) is 7.05 Å². The molecule has 0 aliphatic heterocycles. The average Bonchev–Trinajstić information content (AvgIpc) is 2.53. The normalized spacial score (nSPS) is 10.3. The molecule has 0 spiro atoms. The van der Waals surface area contributed by atoms with Crippen LogP contribution < -0.4 is 4.74 Å². The molecule has 5 nitrogen and oxygen atoms in total. The number of halogens is 1. The molecule has 2 rings (SSSR count). The van der Waals surface area contributed by atoms with Crippen molar-refractivity contribution in [3.05, 3.63) is 34.7 Å². The van der Waals surface area contributed by atoms with E-state index >= 15 is 0 Å². The monoisotopic (exact) mass is 251 g/mol. The third-order valence-corrected chi connectivity index (χ3v) is 2.43. The maximum atomic E-state index is 10.9. The number of aldehydes is 1. The SMILES string of the molecule is Cc1nn(C)c(Oc2cncc(Cl)c2)c1C=O. The third kappa shape index (κ3) is 2.29. The van der Waals surface area contributed by atoms with Gasteiger partial charge in [0.05, 0.1) is 22.5 Å². The van der Waals surface area contributed by atoms with Gasteiger partial charge < -0.3 is 4.74 Å². The van der Waals surface area contributed by atoms with E-state index in [2.05, 4.69) is 10.1 Å². The Morgan fingerprint density at radius 2 is 2.24 bits per heavy atom. The van der Waals surface area contributed by atoms with Gasteiger partial charge in [-0.2, -0.15) is 5.10 Å². The van der Waals surface area contributed by atoms with Crippen LogP contribution in [0.15, 0.2) is 18.5 Å². The molecule has 2 heterocycles. The summed E-state index contributed by atoms with van der Waals surface area (Å²) in [4.78, 5) is 14.8. The lowest BCUT2D eigenvalue weighted by atomic mass is 10.3. The highest BCUT2D eigenvalue weighted by Gasteiger charge is 2.14. The Kier molecular flexibility index (Phi) is 3.10. The van der Waals surface area contributed by atoms with Crippen LogP contribution >= 0.6 is 11.6 Å². The van der Waals surface area contributed by atoms with Crippen LogP contribution in [0.4, 0.5) is 0 Å². The second kappa shape index (κ2) is 4.55. The molecule has 0 N–H and O–H groups in total. The highest BCUT2D eigenvalue weighted by atomic mass is 35.5. The van der Waals surface area contributed by atoms with Crippen molar-refractivity contribution < 1.29 is 9.53 Å². The molecule has 88 valence electrons. The Morgan fingerprint density at radius 3 is 2.88 bits per heavy atom. The van der Waals surface area contributed by atoms with Crippen molar-refractivity contribution in [1.29, 1.82) is 0 Å². The first-order valence-corrected chi connectivity index (χ1v) is 5.27. The summed E-state index contributed by atoms with van der Waals surface area (Å²) < 4.78 is 7.06. The summed E-state index contributed by atoms with van der Waals surface area (Å²) in [5.41, 5.74) is 1.04. The Balaban J connectivity index is 2.39. The lowest BCUT2D eigenvalue weighted by Crippen LogP contribution is -1.97. The van der Waals surface area contributed by atoms with Crippen molar-refractivity contribution in [2.45, 2.75) is 6.92 Å². The minimum Gasteiger partial charge on any atom is -0.437 e. The molecule has 0 aromatic carbocycles. The summed E-state index contributed by atoms with van der Waals surface area (Å²) >= 11 is 5.80. The smallest absolute Gasteiger partial charge is 0.228 e. The Hall–Kier alpha value is -1.88. The molecular weight excluding hydrogens is 242 g/mol. The molecule has 0 aliphatic rings. The van der Waals surface area contributed by atoms with E-state index in [4.69, 9.17) is 16.3 Å². The van der Waals surface area contributed by atoms with Gasteiger partial charge in [-0.15, -0.1) is 0 Å². The number of carbonyl (C=O) groups excluding carboxylic acids is 1. The molecule has 0 unspecified atom stereocenters. The molecule has 17 heavy (non-hydrogen) atoms. The van der Waals surface area contributed by atoms with Crippen LogP contribution in [0.25, 0.3) is 0 Å². The minimum absolute atomic E-state index is 0.376. The predicted octanol–water partition coefficient (Wildman–Crippen LogP) is 2.38. The molecular formula is C11H10ClN3O2. The minimum atomic E-state index is 0.376. The topological polar surface area (TPSA) is 57.0 Å². The second-order valence-electron chi connectivity index (χ2n) is 3.49. The summed E-state index contributed by atoms with van der Waals surface area (Å²) in [6, 6.07) is 1.62. The number of aromatic nitrogens is 3. The molecule has 0 saturated carbocycles. The zero-order valence-corrected chi connectivity index (χ0v) is 10.1. The molecule has 2 aromatic rings. The lowest BCUT2D eigenvalue weighted by Gasteiger charge is -2.05. The largest absolute Gasteiger partial charge is 0.437 e. The number of pyridine rings is 1. The first kappa shape index (κ1) is 11.6. The molecule has 0 atom stereocenters. The molecule has 6 heteroatoms. The summed E-state index contributed by atoms with van der Waals surface area (Å²) in [6.07, 6.45) is 3.74. The molecule has 0 bridgehead atoms. The van der Waals surface area contributed by atoms with E-state index in [-0.39, 0.29) is 0 Å². The van der Waals surface area contributed by atoms with Crippen molar-refractivity contribution in [3.8, 4) is 11.6 Å². The fraction of sp³-hybridized carbons (Fsp3) is 0.182. The van der Waals surface area contributed by atoms with Gasteiger partial charge >= 0.3 is 0 Å². The van der Waals surface area contributed by atoms with E-state index in [1.165, 1.54) is 17.1 Å². The summed E-state index contributed by atoms with van der Waals surface area (Å²) in [6.45, 7) is 1.74. The first-order chi connectivity index (χ1) is 8.11. The highest BCUT2D eigenvalue weighted by Crippen LogP contribution is 2.26. The van der Waals surface area contributed by atoms with Gasteiger partial charge in [-0.1, -0.05) is 11.6 Å². The zero-order valence-electron chi connectivity index (χ0n) is 9.35. The van der Waals surface area contributed by atoms with Gasteiger partial charge in [0.1, 0.15) is 5.75 Å². The molecule has 0 aliphatic carbocycles. The van der Waals surface area contributed by atoms with E-state index < -0.39 is 0 Å². The number of ether oxygens (including phenoxy) is 1. The van der Waals surface area contributed by atoms with E-state index in [9.17, 15) is 4.79 Å². The van der Waals surface area contributed by atoms with Gasteiger partial charge in [0, 0.05) is 19.3 Å². The number of nitrogens with zero attached hydrogens (tertiary/aromatic N) is 3. The van der Waals surface area contributed by atoms with Crippen LogP contribution in [0.2, 0.25) is 5.02 Å². The van der Waals surface area contributed by atoms with E-state index in [1.54, 1.807) is 20.0 Å².